The number of benzene rings is 1. The molecule has 1 aromatic carbocycles. The number of nitro benzene ring substituents is 1. The second-order valence-electron chi connectivity index (χ2n) is 4.13. The molecule has 1 aliphatic heterocycles. The molecule has 0 atom stereocenters. The number of esters is 1. The van der Waals surface area contributed by atoms with Crippen LogP contribution in [0, 0.1) is 10.1 Å². The SMILES string of the molecule is O=C1OC(c2cccs2)=NC1=Cc1ccccc1[N+](=O)[O-]. The molecule has 0 saturated carbocycles. The van der Waals surface area contributed by atoms with E-state index in [2.05, 4.69) is 4.99 Å². The van der Waals surface area contributed by atoms with Crippen LogP contribution >= 0.6 is 11.3 Å². The first-order chi connectivity index (χ1) is 10.1. The van der Waals surface area contributed by atoms with Crippen molar-refractivity contribution >= 4 is 35.0 Å². The predicted octanol–water partition coefficient (Wildman–Crippen LogP) is 3.00. The van der Waals surface area contributed by atoms with Gasteiger partial charge in [0, 0.05) is 6.07 Å². The highest BCUT2D eigenvalue weighted by Crippen LogP contribution is 2.25. The van der Waals surface area contributed by atoms with Crippen LogP contribution < -0.4 is 0 Å². The minimum atomic E-state index is -0.614. The van der Waals surface area contributed by atoms with Gasteiger partial charge >= 0.3 is 5.97 Å². The van der Waals surface area contributed by atoms with Crippen LogP contribution in [0.2, 0.25) is 0 Å². The number of para-hydroxylation sites is 1. The van der Waals surface area contributed by atoms with Crippen molar-refractivity contribution in [3.8, 4) is 0 Å². The Bertz CT molecular complexity index is 778. The fourth-order valence-corrected chi connectivity index (χ4v) is 2.49. The molecular weight excluding hydrogens is 292 g/mol. The summed E-state index contributed by atoms with van der Waals surface area (Å²) in [6.45, 7) is 0. The molecule has 104 valence electrons. The second-order valence-corrected chi connectivity index (χ2v) is 5.08. The van der Waals surface area contributed by atoms with Gasteiger partial charge in [0.2, 0.25) is 5.90 Å². The summed E-state index contributed by atoms with van der Waals surface area (Å²) in [5.41, 5.74) is 0.274. The molecule has 6 nitrogen and oxygen atoms in total. The Hall–Kier alpha value is -2.80. The van der Waals surface area contributed by atoms with E-state index in [1.165, 1.54) is 23.5 Å². The lowest BCUT2D eigenvalue weighted by Crippen LogP contribution is -2.03. The molecule has 0 N–H and O–H groups in total. The Balaban J connectivity index is 2.01. The minimum absolute atomic E-state index is 0.0488. The molecular formula is C14H8N2O4S. The average molecular weight is 300 g/mol. The number of cyclic esters (lactones) is 1. The molecule has 2 heterocycles. The van der Waals surface area contributed by atoms with Gasteiger partial charge < -0.3 is 4.74 Å². The number of carbonyl (C=O) groups is 1. The van der Waals surface area contributed by atoms with Crippen molar-refractivity contribution < 1.29 is 14.5 Å². The van der Waals surface area contributed by atoms with Gasteiger partial charge in [-0.3, -0.25) is 10.1 Å². The predicted molar refractivity (Wildman–Crippen MR) is 78.0 cm³/mol. The third-order valence-corrected chi connectivity index (χ3v) is 3.64. The number of ether oxygens (including phenoxy) is 1. The van der Waals surface area contributed by atoms with Crippen LogP contribution in [0.4, 0.5) is 5.69 Å². The van der Waals surface area contributed by atoms with Crippen molar-refractivity contribution in [2.45, 2.75) is 0 Å². The average Bonchev–Trinajstić information content (AvgIpc) is 3.10. The highest BCUT2D eigenvalue weighted by Gasteiger charge is 2.25. The van der Waals surface area contributed by atoms with E-state index in [0.29, 0.717) is 5.56 Å². The van der Waals surface area contributed by atoms with Gasteiger partial charge in [-0.25, -0.2) is 9.79 Å². The smallest absolute Gasteiger partial charge is 0.363 e. The van der Waals surface area contributed by atoms with E-state index < -0.39 is 10.9 Å². The summed E-state index contributed by atoms with van der Waals surface area (Å²) >= 11 is 1.40. The van der Waals surface area contributed by atoms with Crippen LogP contribution in [0.15, 0.2) is 52.5 Å². The zero-order valence-electron chi connectivity index (χ0n) is 10.6. The van der Waals surface area contributed by atoms with Crippen molar-refractivity contribution in [3.05, 3.63) is 68.0 Å². The largest absolute Gasteiger partial charge is 0.401 e. The van der Waals surface area contributed by atoms with Crippen molar-refractivity contribution in [2.24, 2.45) is 4.99 Å². The van der Waals surface area contributed by atoms with Crippen molar-refractivity contribution in [1.29, 1.82) is 0 Å². The fraction of sp³-hybridized carbons (Fsp3) is 0. The van der Waals surface area contributed by atoms with Crippen molar-refractivity contribution in [2.75, 3.05) is 0 Å². The van der Waals surface area contributed by atoms with Gasteiger partial charge in [0.15, 0.2) is 5.70 Å². The van der Waals surface area contributed by atoms with Crippen LogP contribution in [0.5, 0.6) is 0 Å². The van der Waals surface area contributed by atoms with Crippen molar-refractivity contribution in [1.82, 2.24) is 0 Å². The van der Waals surface area contributed by atoms with E-state index in [0.717, 1.165) is 4.88 Å². The molecule has 1 aromatic heterocycles. The standard InChI is InChI=1S/C14H8N2O4S/c17-14-10(15-13(20-14)12-6-3-7-21-12)8-9-4-1-2-5-11(9)16(18)19/h1-8H. The van der Waals surface area contributed by atoms with E-state index in [9.17, 15) is 14.9 Å². The molecule has 0 bridgehead atoms. The maximum Gasteiger partial charge on any atom is 0.363 e. The maximum atomic E-state index is 11.8. The van der Waals surface area contributed by atoms with E-state index >= 15 is 0 Å². The minimum Gasteiger partial charge on any atom is -0.401 e. The number of thiophene rings is 1. The molecule has 2 aromatic rings. The molecule has 0 saturated heterocycles. The topological polar surface area (TPSA) is 81.8 Å². The highest BCUT2D eigenvalue weighted by atomic mass is 32.1. The highest BCUT2D eigenvalue weighted by molar-refractivity contribution is 7.12. The van der Waals surface area contributed by atoms with Crippen LogP contribution in [-0.4, -0.2) is 16.8 Å². The van der Waals surface area contributed by atoms with Gasteiger partial charge in [-0.15, -0.1) is 11.3 Å². The fourth-order valence-electron chi connectivity index (χ4n) is 1.84. The summed E-state index contributed by atoms with van der Waals surface area (Å²) in [7, 11) is 0. The Labute approximate surface area is 123 Å². The first kappa shape index (κ1) is 13.2. The first-order valence-corrected chi connectivity index (χ1v) is 6.83. The molecule has 0 spiro atoms. The van der Waals surface area contributed by atoms with Gasteiger partial charge in [0.25, 0.3) is 5.69 Å². The van der Waals surface area contributed by atoms with Gasteiger partial charge in [-0.05, 0) is 23.6 Å². The molecule has 0 fully saturated rings. The molecule has 0 unspecified atom stereocenters. The van der Waals surface area contributed by atoms with E-state index in [1.54, 1.807) is 24.3 Å². The second kappa shape index (κ2) is 5.29. The number of rotatable bonds is 3. The van der Waals surface area contributed by atoms with Crippen LogP contribution in [-0.2, 0) is 9.53 Å². The summed E-state index contributed by atoms with van der Waals surface area (Å²) in [4.78, 5) is 27.1. The maximum absolute atomic E-state index is 11.8. The van der Waals surface area contributed by atoms with Crippen LogP contribution in [0.25, 0.3) is 6.08 Å². The van der Waals surface area contributed by atoms with Crippen LogP contribution in [0.1, 0.15) is 10.4 Å². The molecule has 1 aliphatic rings. The lowest BCUT2D eigenvalue weighted by molar-refractivity contribution is -0.385. The summed E-state index contributed by atoms with van der Waals surface area (Å²) in [6.07, 6.45) is 1.36. The van der Waals surface area contributed by atoms with E-state index in [4.69, 9.17) is 4.74 Å². The molecule has 7 heteroatoms. The summed E-state index contributed by atoms with van der Waals surface area (Å²) < 4.78 is 5.07. The normalized spacial score (nSPS) is 15.9. The first-order valence-electron chi connectivity index (χ1n) is 5.95. The van der Waals surface area contributed by atoms with Gasteiger partial charge in [-0.1, -0.05) is 18.2 Å². The molecule has 0 aliphatic carbocycles. The van der Waals surface area contributed by atoms with E-state index in [1.807, 2.05) is 11.4 Å². The molecule has 3 rings (SSSR count). The third kappa shape index (κ3) is 2.59. The monoisotopic (exact) mass is 300 g/mol. The lowest BCUT2D eigenvalue weighted by Gasteiger charge is -1.96. The zero-order valence-corrected chi connectivity index (χ0v) is 11.4. The number of hydrogen-bond acceptors (Lipinski definition) is 6. The van der Waals surface area contributed by atoms with Crippen molar-refractivity contribution in [3.63, 3.8) is 0 Å². The van der Waals surface area contributed by atoms with Crippen LogP contribution in [0.3, 0.4) is 0 Å². The summed E-state index contributed by atoms with van der Waals surface area (Å²) in [5.74, 6) is -0.392. The quantitative estimate of drug-likeness (QED) is 0.377. The number of nitro groups is 1. The Morgan fingerprint density at radius 2 is 2.05 bits per heavy atom. The lowest BCUT2D eigenvalue weighted by atomic mass is 10.1. The Morgan fingerprint density at radius 1 is 1.24 bits per heavy atom. The number of carbonyl (C=O) groups excluding carboxylic acids is 1. The molecule has 0 amide bonds. The van der Waals surface area contributed by atoms with Gasteiger partial charge in [0.1, 0.15) is 0 Å². The van der Waals surface area contributed by atoms with E-state index in [-0.39, 0.29) is 17.3 Å². The third-order valence-electron chi connectivity index (χ3n) is 2.78. The number of nitrogens with zero attached hydrogens (tertiary/aromatic N) is 2. The zero-order chi connectivity index (χ0) is 14.8. The Kier molecular flexibility index (Phi) is 3.33. The summed E-state index contributed by atoms with van der Waals surface area (Å²) in [6, 6.07) is 9.75. The Morgan fingerprint density at radius 3 is 2.76 bits per heavy atom. The number of hydrogen-bond donors (Lipinski definition) is 0. The van der Waals surface area contributed by atoms with Gasteiger partial charge in [-0.2, -0.15) is 0 Å². The number of aliphatic imine (C=N–C) groups is 1. The molecule has 0 radical (unpaired) electrons. The molecule has 21 heavy (non-hydrogen) atoms. The summed E-state index contributed by atoms with van der Waals surface area (Å²) in [5, 5.41) is 12.8. The van der Waals surface area contributed by atoms with Gasteiger partial charge in [0.05, 0.1) is 15.4 Å².